The van der Waals surface area contributed by atoms with Gasteiger partial charge >= 0.3 is 5.97 Å². The quantitative estimate of drug-likeness (QED) is 0.188. The summed E-state index contributed by atoms with van der Waals surface area (Å²) in [4.78, 5) is 60.5. The third-order valence-electron chi connectivity index (χ3n) is 9.74. The molecule has 46 heavy (non-hydrogen) atoms. The molecule has 2 bridgehead atoms. The second-order valence-corrected chi connectivity index (χ2v) is 14.9. The molecule has 3 heterocycles. The van der Waals surface area contributed by atoms with Gasteiger partial charge in [-0.1, -0.05) is 58.4 Å². The van der Waals surface area contributed by atoms with Crippen LogP contribution in [0, 0.1) is 11.8 Å². The van der Waals surface area contributed by atoms with Crippen LogP contribution in [0.4, 0.5) is 0 Å². The number of benzene rings is 1. The highest BCUT2D eigenvalue weighted by Crippen LogP contribution is 2.61. The smallest absolute Gasteiger partial charge is 0.313 e. The summed E-state index contributed by atoms with van der Waals surface area (Å²) in [6, 6.07) is 6.90. The average Bonchev–Trinajstić information content (AvgIpc) is 3.62. The molecule has 3 aliphatic heterocycles. The van der Waals surface area contributed by atoms with Crippen molar-refractivity contribution in [3.05, 3.63) is 61.2 Å². The van der Waals surface area contributed by atoms with Crippen molar-refractivity contribution >= 4 is 39.6 Å². The van der Waals surface area contributed by atoms with Gasteiger partial charge in [-0.05, 0) is 53.0 Å². The number of carbonyl (C=O) groups is 4. The first-order chi connectivity index (χ1) is 21.7. The molecule has 10 nitrogen and oxygen atoms in total. The Morgan fingerprint density at radius 3 is 2.41 bits per heavy atom. The first kappa shape index (κ1) is 35.8. The molecular weight excluding hydrogens is 654 g/mol. The zero-order valence-electron chi connectivity index (χ0n) is 27.7. The van der Waals surface area contributed by atoms with E-state index in [2.05, 4.69) is 29.1 Å². The van der Waals surface area contributed by atoms with Crippen LogP contribution in [0.1, 0.15) is 65.5 Å². The molecule has 252 valence electrons. The van der Waals surface area contributed by atoms with E-state index in [0.717, 1.165) is 0 Å². The number of aliphatic hydroxyl groups is 1. The summed E-state index contributed by atoms with van der Waals surface area (Å²) in [6.45, 7) is 16.6. The van der Waals surface area contributed by atoms with Crippen molar-refractivity contribution < 1.29 is 33.8 Å². The van der Waals surface area contributed by atoms with Gasteiger partial charge in [-0.25, -0.2) is 0 Å². The van der Waals surface area contributed by atoms with Crippen molar-refractivity contribution in [3.63, 3.8) is 0 Å². The van der Waals surface area contributed by atoms with Crippen molar-refractivity contribution in [2.45, 2.75) is 100 Å². The second kappa shape index (κ2) is 14.0. The number of hydrogen-bond acceptors (Lipinski definition) is 7. The van der Waals surface area contributed by atoms with Gasteiger partial charge in [0.1, 0.15) is 17.7 Å². The van der Waals surface area contributed by atoms with Gasteiger partial charge in [0.2, 0.25) is 17.7 Å². The highest BCUT2D eigenvalue weighted by atomic mass is 79.9. The number of allylic oxidation sites excluding steroid dienone is 1. The summed E-state index contributed by atoms with van der Waals surface area (Å²) in [5.41, 5.74) is -1.21. The maximum atomic E-state index is 14.5. The first-order valence-electron chi connectivity index (χ1n) is 16.0. The highest BCUT2D eigenvalue weighted by molar-refractivity contribution is 9.09. The lowest BCUT2D eigenvalue weighted by Gasteiger charge is -2.43. The summed E-state index contributed by atoms with van der Waals surface area (Å²) in [7, 11) is 1.68. The van der Waals surface area contributed by atoms with E-state index in [1.165, 1.54) is 4.90 Å². The van der Waals surface area contributed by atoms with Crippen LogP contribution in [0.15, 0.2) is 55.6 Å². The molecule has 3 fully saturated rings. The van der Waals surface area contributed by atoms with Gasteiger partial charge in [-0.2, -0.15) is 0 Å². The van der Waals surface area contributed by atoms with Gasteiger partial charge in [0, 0.05) is 30.4 Å². The minimum atomic E-state index is -1.31. The molecule has 4 rings (SSSR count). The number of rotatable bonds is 13. The normalized spacial score (nSPS) is 28.7. The largest absolute Gasteiger partial charge is 0.455 e. The number of likely N-dealkylation sites (tertiary alicyclic amines) is 1. The number of fused-ring (bicyclic) bond motifs is 1. The molecule has 0 saturated carbocycles. The Balaban J connectivity index is 1.74. The van der Waals surface area contributed by atoms with Gasteiger partial charge in [-0.3, -0.25) is 19.2 Å². The standard InChI is InChI=1S/C35H48BrN3O7/c1-9-11-17-25(41)37(8)22(4)28(23-15-13-12-14-16-23)45-33(44)26-27-31(42)39(21(3)20-40)30(35(27)19-24(36)29(26)46-35)32(43)38(18-10-2)34(5,6)7/h9-10,12-16,21-22,24,26-30,40H,1-2,11,17-20H2,3-8H3/t21-,22-,24?,26-,27+,28+,29-,30-,35+/m1/s1. The topological polar surface area (TPSA) is 117 Å². The van der Waals surface area contributed by atoms with E-state index < -0.39 is 65.2 Å². The van der Waals surface area contributed by atoms with Crippen LogP contribution in [-0.4, -0.2) is 104 Å². The Morgan fingerprint density at radius 1 is 1.20 bits per heavy atom. The van der Waals surface area contributed by atoms with Gasteiger partial charge in [0.15, 0.2) is 0 Å². The van der Waals surface area contributed by atoms with Gasteiger partial charge in [0.25, 0.3) is 0 Å². The predicted octanol–water partition coefficient (Wildman–Crippen LogP) is 4.03. The molecule has 9 atom stereocenters. The van der Waals surface area contributed by atoms with Crippen LogP contribution in [-0.2, 0) is 28.7 Å². The second-order valence-electron chi connectivity index (χ2n) is 13.7. The number of amides is 3. The fourth-order valence-electron chi connectivity index (χ4n) is 7.27. The Hall–Kier alpha value is -3.02. The number of likely N-dealkylation sites (N-methyl/N-ethyl adjacent to an activating group) is 1. The summed E-state index contributed by atoms with van der Waals surface area (Å²) >= 11 is 3.71. The molecule has 0 radical (unpaired) electrons. The number of halogens is 1. The van der Waals surface area contributed by atoms with Crippen molar-refractivity contribution in [1.29, 1.82) is 0 Å². The molecule has 1 aromatic carbocycles. The molecule has 1 unspecified atom stereocenters. The first-order valence-corrected chi connectivity index (χ1v) is 16.9. The molecule has 1 N–H and O–H groups in total. The van der Waals surface area contributed by atoms with Gasteiger partial charge in [-0.15, -0.1) is 13.2 Å². The Bertz CT molecular complexity index is 1330. The fourth-order valence-corrected chi connectivity index (χ4v) is 8.22. The lowest BCUT2D eigenvalue weighted by atomic mass is 9.70. The van der Waals surface area contributed by atoms with Crippen LogP contribution in [0.2, 0.25) is 0 Å². The zero-order valence-corrected chi connectivity index (χ0v) is 29.3. The number of ether oxygens (including phenoxy) is 2. The zero-order chi connectivity index (χ0) is 34.1. The predicted molar refractivity (Wildman–Crippen MR) is 178 cm³/mol. The summed E-state index contributed by atoms with van der Waals surface area (Å²) in [5, 5.41) is 10.2. The molecule has 0 aromatic heterocycles. The van der Waals surface area contributed by atoms with Crippen molar-refractivity contribution in [2.24, 2.45) is 11.8 Å². The van der Waals surface area contributed by atoms with Crippen molar-refractivity contribution in [3.8, 4) is 0 Å². The van der Waals surface area contributed by atoms with Crippen LogP contribution in [0.25, 0.3) is 0 Å². The molecule has 11 heteroatoms. The Kier molecular flexibility index (Phi) is 10.9. The van der Waals surface area contributed by atoms with E-state index in [4.69, 9.17) is 9.47 Å². The van der Waals surface area contributed by atoms with Gasteiger partial charge in [0.05, 0.1) is 36.6 Å². The van der Waals surface area contributed by atoms with Crippen LogP contribution >= 0.6 is 15.9 Å². The lowest BCUT2D eigenvalue weighted by Crippen LogP contribution is -2.61. The van der Waals surface area contributed by atoms with E-state index in [1.807, 2.05) is 58.0 Å². The van der Waals surface area contributed by atoms with Crippen molar-refractivity contribution in [2.75, 3.05) is 20.2 Å². The van der Waals surface area contributed by atoms with Gasteiger partial charge < -0.3 is 29.3 Å². The lowest BCUT2D eigenvalue weighted by molar-refractivity contribution is -0.165. The number of hydrogen-bond donors (Lipinski definition) is 1. The summed E-state index contributed by atoms with van der Waals surface area (Å²) in [5.74, 6) is -3.50. The minimum Gasteiger partial charge on any atom is -0.455 e. The average molecular weight is 703 g/mol. The number of carbonyl (C=O) groups excluding carboxylic acids is 4. The van der Waals surface area contributed by atoms with E-state index in [9.17, 15) is 24.3 Å². The van der Waals surface area contributed by atoms with Crippen LogP contribution in [0.3, 0.4) is 0 Å². The van der Waals surface area contributed by atoms with E-state index in [1.54, 1.807) is 35.9 Å². The monoisotopic (exact) mass is 701 g/mol. The summed E-state index contributed by atoms with van der Waals surface area (Å²) in [6.07, 6.45) is 2.89. The minimum absolute atomic E-state index is 0.115. The highest BCUT2D eigenvalue weighted by Gasteiger charge is 2.77. The Labute approximate surface area is 280 Å². The third kappa shape index (κ3) is 6.30. The molecule has 3 saturated heterocycles. The van der Waals surface area contributed by atoms with Crippen molar-refractivity contribution in [1.82, 2.24) is 14.7 Å². The number of aliphatic hydroxyl groups excluding tert-OH is 1. The maximum absolute atomic E-state index is 14.5. The summed E-state index contributed by atoms with van der Waals surface area (Å²) < 4.78 is 12.9. The third-order valence-corrected chi connectivity index (χ3v) is 10.6. The van der Waals surface area contributed by atoms with Crippen LogP contribution < -0.4 is 0 Å². The number of esters is 1. The van der Waals surface area contributed by atoms with Crippen LogP contribution in [0.5, 0.6) is 0 Å². The fraction of sp³-hybridized carbons (Fsp3) is 0.600. The molecule has 0 aliphatic carbocycles. The number of nitrogens with zero attached hydrogens (tertiary/aromatic N) is 3. The molecular formula is C35H48BrN3O7. The molecule has 3 amide bonds. The molecule has 1 aromatic rings. The van der Waals surface area contributed by atoms with E-state index in [0.29, 0.717) is 18.4 Å². The Morgan fingerprint density at radius 2 is 1.85 bits per heavy atom. The maximum Gasteiger partial charge on any atom is 0.313 e. The molecule has 3 aliphatic rings. The van der Waals surface area contributed by atoms with E-state index >= 15 is 0 Å². The molecule has 1 spiro atoms. The SMILES string of the molecule is C=CCCC(=O)N(C)[C@H](C)[C@H](OC(=O)[C@H]1[C@@H]2O[C@@]3(CC2Br)[C@@H]1C(=O)N([C@H](C)CO)[C@@H]3C(=O)N(CC=C)C(C)(C)C)c1ccccc1. The number of alkyl halides is 1. The van der Waals surface area contributed by atoms with E-state index in [-0.39, 0.29) is 36.2 Å².